The van der Waals surface area contributed by atoms with Crippen LogP contribution < -0.4 is 5.32 Å². The fourth-order valence-electron chi connectivity index (χ4n) is 2.69. The first-order chi connectivity index (χ1) is 10.2. The summed E-state index contributed by atoms with van der Waals surface area (Å²) in [6.45, 7) is 0. The van der Waals surface area contributed by atoms with E-state index in [4.69, 9.17) is 11.6 Å². The van der Waals surface area contributed by atoms with Gasteiger partial charge in [0.05, 0.1) is 6.04 Å². The second-order valence-corrected chi connectivity index (χ2v) is 5.39. The Labute approximate surface area is 128 Å². The minimum Gasteiger partial charge on any atom is -0.309 e. The normalized spacial score (nSPS) is 12.5. The van der Waals surface area contributed by atoms with Crippen molar-refractivity contribution in [1.82, 2.24) is 5.32 Å². The molecule has 0 saturated carbocycles. The number of fused-ring (bicyclic) bond motifs is 1. The van der Waals surface area contributed by atoms with Gasteiger partial charge in [-0.1, -0.05) is 54.1 Å². The van der Waals surface area contributed by atoms with E-state index in [1.807, 2.05) is 61.6 Å². The first-order valence-corrected chi connectivity index (χ1v) is 7.18. The lowest BCUT2D eigenvalue weighted by Crippen LogP contribution is -2.18. The Kier molecular flexibility index (Phi) is 3.91. The molecular weight excluding hydrogens is 285 g/mol. The number of hydrogen-bond donors (Lipinski definition) is 1. The van der Waals surface area contributed by atoms with Crippen LogP contribution in [0, 0.1) is 5.82 Å². The van der Waals surface area contributed by atoms with E-state index in [9.17, 15) is 4.39 Å². The molecule has 0 bridgehead atoms. The largest absolute Gasteiger partial charge is 0.309 e. The molecular formula is C18H15ClFN. The van der Waals surface area contributed by atoms with E-state index in [-0.39, 0.29) is 11.9 Å². The highest BCUT2D eigenvalue weighted by Crippen LogP contribution is 2.30. The molecule has 1 N–H and O–H groups in total. The second-order valence-electron chi connectivity index (χ2n) is 4.96. The number of benzene rings is 3. The molecule has 0 saturated heterocycles. The maximum Gasteiger partial charge on any atom is 0.131 e. The lowest BCUT2D eigenvalue weighted by molar-refractivity contribution is 0.637. The van der Waals surface area contributed by atoms with Crippen molar-refractivity contribution in [3.05, 3.63) is 82.6 Å². The molecule has 0 fully saturated rings. The van der Waals surface area contributed by atoms with Crippen molar-refractivity contribution in [2.45, 2.75) is 6.04 Å². The molecule has 3 heteroatoms. The first-order valence-electron chi connectivity index (χ1n) is 6.80. The van der Waals surface area contributed by atoms with Gasteiger partial charge in [0.25, 0.3) is 0 Å². The Bertz CT molecular complexity index is 768. The molecule has 0 heterocycles. The van der Waals surface area contributed by atoms with Crippen molar-refractivity contribution < 1.29 is 4.39 Å². The fourth-order valence-corrected chi connectivity index (χ4v) is 2.82. The SMILES string of the molecule is CNC(c1ccc(Cl)cc1)c1ccc(F)c2ccccc12. The molecule has 1 unspecified atom stereocenters. The van der Waals surface area contributed by atoms with Gasteiger partial charge in [-0.15, -0.1) is 0 Å². The van der Waals surface area contributed by atoms with Crippen molar-refractivity contribution >= 4 is 22.4 Å². The zero-order valence-electron chi connectivity index (χ0n) is 11.6. The summed E-state index contributed by atoms with van der Waals surface area (Å²) in [5.74, 6) is -0.194. The third-order valence-electron chi connectivity index (χ3n) is 3.71. The zero-order valence-corrected chi connectivity index (χ0v) is 12.4. The predicted octanol–water partition coefficient (Wildman–Crippen LogP) is 4.94. The topological polar surface area (TPSA) is 12.0 Å². The van der Waals surface area contributed by atoms with Gasteiger partial charge in [-0.3, -0.25) is 0 Å². The summed E-state index contributed by atoms with van der Waals surface area (Å²) < 4.78 is 14.0. The molecule has 0 spiro atoms. The Balaban J connectivity index is 2.17. The Morgan fingerprint density at radius 1 is 0.905 bits per heavy atom. The molecule has 3 rings (SSSR count). The van der Waals surface area contributed by atoms with Gasteiger partial charge in [-0.25, -0.2) is 4.39 Å². The molecule has 0 aliphatic carbocycles. The van der Waals surface area contributed by atoms with Crippen LogP contribution in [-0.4, -0.2) is 7.05 Å². The summed E-state index contributed by atoms with van der Waals surface area (Å²) in [6.07, 6.45) is 0. The Morgan fingerprint density at radius 2 is 1.57 bits per heavy atom. The summed E-state index contributed by atoms with van der Waals surface area (Å²) in [4.78, 5) is 0. The highest BCUT2D eigenvalue weighted by Gasteiger charge is 2.16. The molecule has 3 aromatic rings. The molecule has 106 valence electrons. The number of nitrogens with one attached hydrogen (secondary N) is 1. The van der Waals surface area contributed by atoms with E-state index in [2.05, 4.69) is 5.32 Å². The summed E-state index contributed by atoms with van der Waals surface area (Å²) in [5, 5.41) is 5.57. The maximum absolute atomic E-state index is 14.0. The highest BCUT2D eigenvalue weighted by atomic mass is 35.5. The van der Waals surface area contributed by atoms with Gasteiger partial charge in [0.15, 0.2) is 0 Å². The summed E-state index contributed by atoms with van der Waals surface area (Å²) >= 11 is 5.95. The number of hydrogen-bond acceptors (Lipinski definition) is 1. The molecule has 0 aliphatic heterocycles. The minimum atomic E-state index is -0.194. The van der Waals surface area contributed by atoms with Gasteiger partial charge in [0.2, 0.25) is 0 Å². The third kappa shape index (κ3) is 2.65. The highest BCUT2D eigenvalue weighted by molar-refractivity contribution is 6.30. The van der Waals surface area contributed by atoms with Crippen LogP contribution in [0.2, 0.25) is 5.02 Å². The van der Waals surface area contributed by atoms with Crippen LogP contribution in [0.5, 0.6) is 0 Å². The lowest BCUT2D eigenvalue weighted by Gasteiger charge is -2.19. The van der Waals surface area contributed by atoms with E-state index in [1.165, 1.54) is 6.07 Å². The average Bonchev–Trinajstić information content (AvgIpc) is 2.52. The van der Waals surface area contributed by atoms with Gasteiger partial charge < -0.3 is 5.32 Å². The Morgan fingerprint density at radius 3 is 2.24 bits per heavy atom. The molecule has 3 aromatic carbocycles. The minimum absolute atomic E-state index is 0.00670. The quantitative estimate of drug-likeness (QED) is 0.722. The molecule has 1 nitrogen and oxygen atoms in total. The Hall–Kier alpha value is -1.90. The van der Waals surface area contributed by atoms with Crippen molar-refractivity contribution in [3.8, 4) is 0 Å². The number of rotatable bonds is 3. The van der Waals surface area contributed by atoms with Crippen LogP contribution in [0.4, 0.5) is 4.39 Å². The van der Waals surface area contributed by atoms with Crippen LogP contribution >= 0.6 is 11.6 Å². The molecule has 21 heavy (non-hydrogen) atoms. The molecule has 1 atom stereocenters. The first kappa shape index (κ1) is 14.1. The molecule has 0 amide bonds. The predicted molar refractivity (Wildman–Crippen MR) is 86.3 cm³/mol. The molecule has 0 aromatic heterocycles. The zero-order chi connectivity index (χ0) is 14.8. The fraction of sp³-hybridized carbons (Fsp3) is 0.111. The van der Waals surface area contributed by atoms with Crippen LogP contribution in [0.3, 0.4) is 0 Å². The maximum atomic E-state index is 14.0. The van der Waals surface area contributed by atoms with Crippen molar-refractivity contribution in [2.75, 3.05) is 7.05 Å². The second kappa shape index (κ2) is 5.84. The van der Waals surface area contributed by atoms with Crippen molar-refractivity contribution in [1.29, 1.82) is 0 Å². The van der Waals surface area contributed by atoms with Gasteiger partial charge >= 0.3 is 0 Å². The monoisotopic (exact) mass is 299 g/mol. The van der Waals surface area contributed by atoms with E-state index in [0.717, 1.165) is 16.5 Å². The number of halogens is 2. The van der Waals surface area contributed by atoms with E-state index < -0.39 is 0 Å². The molecule has 0 radical (unpaired) electrons. The van der Waals surface area contributed by atoms with Crippen molar-refractivity contribution in [3.63, 3.8) is 0 Å². The third-order valence-corrected chi connectivity index (χ3v) is 3.96. The molecule has 0 aliphatic rings. The van der Waals surface area contributed by atoms with E-state index in [0.29, 0.717) is 10.4 Å². The van der Waals surface area contributed by atoms with Crippen LogP contribution in [0.25, 0.3) is 10.8 Å². The lowest BCUT2D eigenvalue weighted by atomic mass is 9.93. The summed E-state index contributed by atoms with van der Waals surface area (Å²) in [5.41, 5.74) is 2.15. The van der Waals surface area contributed by atoms with E-state index >= 15 is 0 Å². The van der Waals surface area contributed by atoms with Gasteiger partial charge in [0, 0.05) is 10.4 Å². The van der Waals surface area contributed by atoms with Crippen LogP contribution in [0.1, 0.15) is 17.2 Å². The summed E-state index contributed by atoms with van der Waals surface area (Å²) in [6, 6.07) is 18.6. The average molecular weight is 300 g/mol. The van der Waals surface area contributed by atoms with E-state index in [1.54, 1.807) is 0 Å². The van der Waals surface area contributed by atoms with Crippen LogP contribution in [-0.2, 0) is 0 Å². The summed E-state index contributed by atoms with van der Waals surface area (Å²) in [7, 11) is 1.90. The van der Waals surface area contributed by atoms with Gasteiger partial charge in [0.1, 0.15) is 5.82 Å². The van der Waals surface area contributed by atoms with Crippen LogP contribution in [0.15, 0.2) is 60.7 Å². The van der Waals surface area contributed by atoms with Crippen molar-refractivity contribution in [2.24, 2.45) is 0 Å². The van der Waals surface area contributed by atoms with Gasteiger partial charge in [-0.2, -0.15) is 0 Å². The van der Waals surface area contributed by atoms with Gasteiger partial charge in [-0.05, 0) is 41.8 Å². The smallest absolute Gasteiger partial charge is 0.131 e. The standard InChI is InChI=1S/C18H15ClFN/c1-21-18(12-6-8-13(19)9-7-12)16-10-11-17(20)15-5-3-2-4-14(15)16/h2-11,18,21H,1H3.